The van der Waals surface area contributed by atoms with Crippen LogP contribution in [0.2, 0.25) is 0 Å². The predicted octanol–water partition coefficient (Wildman–Crippen LogP) is 4.91. The lowest BCUT2D eigenvalue weighted by Crippen LogP contribution is -2.29. The maximum atomic E-state index is 12.7. The first-order chi connectivity index (χ1) is 16.9. The second kappa shape index (κ2) is 10.9. The van der Waals surface area contributed by atoms with E-state index >= 15 is 0 Å². The zero-order valence-corrected chi connectivity index (χ0v) is 19.6. The monoisotopic (exact) mass is 472 g/mol. The van der Waals surface area contributed by atoms with Crippen molar-refractivity contribution in [3.63, 3.8) is 0 Å². The van der Waals surface area contributed by atoms with Crippen LogP contribution in [0.15, 0.2) is 72.8 Å². The number of benzene rings is 3. The molecule has 0 atom stereocenters. The minimum Gasteiger partial charge on any atom is -0.481 e. The number of ether oxygens (including phenoxy) is 1. The molecule has 0 saturated carbocycles. The van der Waals surface area contributed by atoms with Crippen LogP contribution in [0.5, 0.6) is 0 Å². The van der Waals surface area contributed by atoms with Crippen molar-refractivity contribution in [2.45, 2.75) is 25.2 Å². The highest BCUT2D eigenvalue weighted by molar-refractivity contribution is 5.86. The predicted molar refractivity (Wildman–Crippen MR) is 133 cm³/mol. The van der Waals surface area contributed by atoms with Crippen LogP contribution in [-0.2, 0) is 20.7 Å². The van der Waals surface area contributed by atoms with E-state index in [2.05, 4.69) is 29.6 Å². The minimum atomic E-state index is -0.942. The average molecular weight is 473 g/mol. The fourth-order valence-electron chi connectivity index (χ4n) is 4.43. The number of carboxylic acid groups (broad SMARTS) is 1. The van der Waals surface area contributed by atoms with Crippen LogP contribution in [-0.4, -0.2) is 48.2 Å². The smallest absolute Gasteiger partial charge is 0.411 e. The molecule has 1 aliphatic carbocycles. The van der Waals surface area contributed by atoms with Gasteiger partial charge in [0.1, 0.15) is 6.61 Å². The first-order valence-electron chi connectivity index (χ1n) is 11.6. The summed E-state index contributed by atoms with van der Waals surface area (Å²) in [4.78, 5) is 37.1. The van der Waals surface area contributed by atoms with E-state index < -0.39 is 12.1 Å². The first kappa shape index (κ1) is 24.0. The lowest BCUT2D eigenvalue weighted by molar-refractivity contribution is -0.138. The van der Waals surface area contributed by atoms with Crippen molar-refractivity contribution >= 4 is 23.7 Å². The number of anilines is 1. The van der Waals surface area contributed by atoms with Crippen LogP contribution < -0.4 is 5.32 Å². The number of aryl methyl sites for hydroxylation is 1. The number of fused-ring (bicyclic) bond motifs is 3. The summed E-state index contributed by atoms with van der Waals surface area (Å²) in [5.41, 5.74) is 6.02. The Labute approximate surface area is 204 Å². The molecule has 3 aromatic carbocycles. The highest BCUT2D eigenvalue weighted by Gasteiger charge is 2.29. The van der Waals surface area contributed by atoms with Crippen molar-refractivity contribution in [2.24, 2.45) is 0 Å². The molecule has 0 saturated heterocycles. The third-order valence-corrected chi connectivity index (χ3v) is 6.29. The van der Waals surface area contributed by atoms with E-state index in [-0.39, 0.29) is 37.8 Å². The summed E-state index contributed by atoms with van der Waals surface area (Å²) in [6.07, 6.45) is -0.0261. The number of para-hydroxylation sites is 1. The van der Waals surface area contributed by atoms with Gasteiger partial charge in [-0.2, -0.15) is 0 Å². The van der Waals surface area contributed by atoms with Crippen molar-refractivity contribution in [3.05, 3.63) is 89.5 Å². The first-order valence-corrected chi connectivity index (χ1v) is 11.6. The number of carboxylic acids is 1. The molecule has 3 aromatic rings. The Bertz CT molecular complexity index is 1190. The van der Waals surface area contributed by atoms with E-state index in [9.17, 15) is 14.4 Å². The molecular weight excluding hydrogens is 444 g/mol. The van der Waals surface area contributed by atoms with E-state index in [0.717, 1.165) is 16.7 Å². The van der Waals surface area contributed by atoms with Crippen LogP contribution in [0.1, 0.15) is 35.4 Å². The summed E-state index contributed by atoms with van der Waals surface area (Å²) in [7, 11) is 1.59. The van der Waals surface area contributed by atoms with Gasteiger partial charge < -0.3 is 14.7 Å². The quantitative estimate of drug-likeness (QED) is 0.461. The molecule has 7 heteroatoms. The Morgan fingerprint density at radius 3 is 2.14 bits per heavy atom. The van der Waals surface area contributed by atoms with Crippen LogP contribution in [0.3, 0.4) is 0 Å². The van der Waals surface area contributed by atoms with Crippen LogP contribution in [0.4, 0.5) is 10.5 Å². The summed E-state index contributed by atoms with van der Waals surface area (Å²) in [6, 6.07) is 23.6. The second-order valence-corrected chi connectivity index (χ2v) is 8.57. The molecular formula is C28H28N2O5. The van der Waals surface area contributed by atoms with Crippen LogP contribution >= 0.6 is 0 Å². The molecule has 0 spiro atoms. The third kappa shape index (κ3) is 5.69. The molecule has 7 nitrogen and oxygen atoms in total. The van der Waals surface area contributed by atoms with E-state index in [4.69, 9.17) is 9.84 Å². The normalized spacial score (nSPS) is 11.9. The van der Waals surface area contributed by atoms with Crippen LogP contribution in [0, 0.1) is 0 Å². The Kier molecular flexibility index (Phi) is 7.45. The lowest BCUT2D eigenvalue weighted by Gasteiger charge is -2.17. The molecule has 0 aliphatic heterocycles. The summed E-state index contributed by atoms with van der Waals surface area (Å²) in [5, 5.41) is 11.6. The summed E-state index contributed by atoms with van der Waals surface area (Å²) in [5.74, 6) is -1.12. The van der Waals surface area contributed by atoms with E-state index in [1.54, 1.807) is 13.1 Å². The molecule has 0 bridgehead atoms. The Morgan fingerprint density at radius 2 is 1.49 bits per heavy atom. The van der Waals surface area contributed by atoms with E-state index in [1.807, 2.05) is 42.5 Å². The molecule has 35 heavy (non-hydrogen) atoms. The molecule has 2 amide bonds. The third-order valence-electron chi connectivity index (χ3n) is 6.29. The van der Waals surface area contributed by atoms with Gasteiger partial charge in [-0.3, -0.25) is 14.9 Å². The molecule has 0 unspecified atom stereocenters. The van der Waals surface area contributed by atoms with Crippen molar-refractivity contribution in [2.75, 3.05) is 25.5 Å². The number of rotatable bonds is 9. The van der Waals surface area contributed by atoms with Crippen molar-refractivity contribution in [3.8, 4) is 11.1 Å². The van der Waals surface area contributed by atoms with Gasteiger partial charge in [-0.1, -0.05) is 66.7 Å². The number of amides is 2. The molecule has 1 aliphatic rings. The number of nitrogens with zero attached hydrogens (tertiary/aromatic N) is 1. The molecule has 0 heterocycles. The average Bonchev–Trinajstić information content (AvgIpc) is 3.19. The number of nitrogens with one attached hydrogen (secondary N) is 1. The Balaban J connectivity index is 1.36. The SMILES string of the molecule is CN(CCC(=O)O)C(=O)CCc1ccccc1NC(=O)OCC1c2ccccc2-c2ccccc21. The molecule has 4 rings (SSSR count). The maximum Gasteiger partial charge on any atom is 0.411 e. The fraction of sp³-hybridized carbons (Fsp3) is 0.250. The van der Waals surface area contributed by atoms with Gasteiger partial charge in [-0.15, -0.1) is 0 Å². The Morgan fingerprint density at radius 1 is 0.886 bits per heavy atom. The highest BCUT2D eigenvalue weighted by Crippen LogP contribution is 2.44. The zero-order valence-electron chi connectivity index (χ0n) is 19.6. The van der Waals surface area contributed by atoms with Crippen molar-refractivity contribution in [1.82, 2.24) is 4.90 Å². The molecule has 0 aromatic heterocycles. The van der Waals surface area contributed by atoms with Gasteiger partial charge >= 0.3 is 12.1 Å². The van der Waals surface area contributed by atoms with Crippen molar-refractivity contribution in [1.29, 1.82) is 0 Å². The second-order valence-electron chi connectivity index (χ2n) is 8.57. The molecule has 0 radical (unpaired) electrons. The molecule has 2 N–H and O–H groups in total. The van der Waals surface area contributed by atoms with Gasteiger partial charge in [-0.05, 0) is 40.3 Å². The van der Waals surface area contributed by atoms with Gasteiger partial charge in [0, 0.05) is 31.6 Å². The van der Waals surface area contributed by atoms with E-state index in [1.165, 1.54) is 16.0 Å². The van der Waals surface area contributed by atoms with Gasteiger partial charge in [-0.25, -0.2) is 4.79 Å². The number of carbonyl (C=O) groups excluding carboxylic acids is 2. The zero-order chi connectivity index (χ0) is 24.8. The van der Waals surface area contributed by atoms with Gasteiger partial charge in [0.15, 0.2) is 0 Å². The Hall–Kier alpha value is -4.13. The molecule has 0 fully saturated rings. The standard InChI is InChI=1S/C28H28N2O5/c1-30(17-16-27(32)33)26(31)15-14-19-8-2-7-13-25(19)29-28(34)35-18-24-22-11-5-3-9-20(22)21-10-4-6-12-23(21)24/h2-13,24H,14-18H2,1H3,(H,29,34)(H,32,33). The summed E-state index contributed by atoms with van der Waals surface area (Å²) >= 11 is 0. The fourth-order valence-corrected chi connectivity index (χ4v) is 4.43. The van der Waals surface area contributed by atoms with E-state index in [0.29, 0.717) is 12.1 Å². The molecule has 180 valence electrons. The van der Waals surface area contributed by atoms with Gasteiger partial charge in [0.25, 0.3) is 0 Å². The van der Waals surface area contributed by atoms with Gasteiger partial charge in [0.2, 0.25) is 5.91 Å². The van der Waals surface area contributed by atoms with Crippen molar-refractivity contribution < 1.29 is 24.2 Å². The maximum absolute atomic E-state index is 12.7. The van der Waals surface area contributed by atoms with Crippen LogP contribution in [0.25, 0.3) is 11.1 Å². The van der Waals surface area contributed by atoms with Gasteiger partial charge in [0.05, 0.1) is 6.42 Å². The summed E-state index contributed by atoms with van der Waals surface area (Å²) in [6.45, 7) is 0.378. The number of carbonyl (C=O) groups is 3. The number of aliphatic carboxylic acids is 1. The minimum absolute atomic E-state index is 0.0256. The topological polar surface area (TPSA) is 95.9 Å². The number of hydrogen-bond donors (Lipinski definition) is 2. The lowest BCUT2D eigenvalue weighted by atomic mass is 9.98. The highest BCUT2D eigenvalue weighted by atomic mass is 16.5. The largest absolute Gasteiger partial charge is 0.481 e. The number of hydrogen-bond acceptors (Lipinski definition) is 4. The summed E-state index contributed by atoms with van der Waals surface area (Å²) < 4.78 is 5.64.